The Hall–Kier alpha value is -2.07. The Balaban J connectivity index is 2.03. The molecule has 0 atom stereocenters. The quantitative estimate of drug-likeness (QED) is 0.846. The van der Waals surface area contributed by atoms with E-state index in [9.17, 15) is 4.39 Å². The number of ether oxygens (including phenoxy) is 2. The molecule has 4 heteroatoms. The van der Waals surface area contributed by atoms with Gasteiger partial charge in [0.1, 0.15) is 12.4 Å². The Morgan fingerprint density at radius 2 is 1.95 bits per heavy atom. The smallest absolute Gasteiger partial charge is 0.171 e. The average molecular weight is 289 g/mol. The molecule has 0 unspecified atom stereocenters. The molecular weight excluding hydrogens is 269 g/mol. The maximum Gasteiger partial charge on any atom is 0.171 e. The Bertz CT molecular complexity index is 587. The van der Waals surface area contributed by atoms with Crippen molar-refractivity contribution in [2.75, 3.05) is 13.7 Å². The van der Waals surface area contributed by atoms with Crippen molar-refractivity contribution in [3.63, 3.8) is 0 Å². The molecule has 0 amide bonds. The van der Waals surface area contributed by atoms with Gasteiger partial charge >= 0.3 is 0 Å². The van der Waals surface area contributed by atoms with E-state index in [1.807, 2.05) is 24.3 Å². The minimum atomic E-state index is -0.371. The number of benzene rings is 2. The third-order valence-corrected chi connectivity index (χ3v) is 3.14. The maximum atomic E-state index is 14.0. The van der Waals surface area contributed by atoms with E-state index >= 15 is 0 Å². The summed E-state index contributed by atoms with van der Waals surface area (Å²) in [7, 11) is 1.45. The zero-order valence-corrected chi connectivity index (χ0v) is 12.4. The van der Waals surface area contributed by atoms with Crippen LogP contribution in [-0.2, 0) is 13.2 Å². The normalized spacial score (nSPS) is 10.4. The lowest BCUT2D eigenvalue weighted by atomic mass is 10.2. The summed E-state index contributed by atoms with van der Waals surface area (Å²) in [5.41, 5.74) is 1.62. The van der Waals surface area contributed by atoms with Crippen LogP contribution in [0.3, 0.4) is 0 Å². The molecule has 2 rings (SSSR count). The zero-order valence-electron chi connectivity index (χ0n) is 12.4. The van der Waals surface area contributed by atoms with Crippen molar-refractivity contribution >= 4 is 0 Å². The lowest BCUT2D eigenvalue weighted by molar-refractivity contribution is 0.295. The van der Waals surface area contributed by atoms with Gasteiger partial charge in [-0.25, -0.2) is 4.39 Å². The van der Waals surface area contributed by atoms with E-state index in [4.69, 9.17) is 9.47 Å². The molecule has 0 aliphatic carbocycles. The van der Waals surface area contributed by atoms with Gasteiger partial charge in [-0.2, -0.15) is 0 Å². The lowest BCUT2D eigenvalue weighted by Crippen LogP contribution is -2.11. The van der Waals surface area contributed by atoms with Crippen molar-refractivity contribution in [1.82, 2.24) is 5.32 Å². The molecule has 3 nitrogen and oxygen atoms in total. The van der Waals surface area contributed by atoms with Crippen molar-refractivity contribution in [2.45, 2.75) is 20.1 Å². The molecule has 2 aromatic rings. The predicted octanol–water partition coefficient (Wildman–Crippen LogP) is 3.52. The zero-order chi connectivity index (χ0) is 15.1. The van der Waals surface area contributed by atoms with Crippen LogP contribution in [0.25, 0.3) is 0 Å². The minimum absolute atomic E-state index is 0.174. The molecule has 0 fully saturated rings. The van der Waals surface area contributed by atoms with E-state index < -0.39 is 0 Å². The second kappa shape index (κ2) is 7.64. The summed E-state index contributed by atoms with van der Waals surface area (Å²) in [6, 6.07) is 12.8. The van der Waals surface area contributed by atoms with Crippen LogP contribution in [0, 0.1) is 5.82 Å². The number of methoxy groups -OCH3 is 1. The average Bonchev–Trinajstić information content (AvgIpc) is 2.52. The fourth-order valence-corrected chi connectivity index (χ4v) is 2.00. The van der Waals surface area contributed by atoms with Crippen LogP contribution in [0.4, 0.5) is 4.39 Å². The topological polar surface area (TPSA) is 30.5 Å². The molecule has 21 heavy (non-hydrogen) atoms. The highest BCUT2D eigenvalue weighted by Crippen LogP contribution is 2.22. The molecule has 0 radical (unpaired) electrons. The first-order valence-electron chi connectivity index (χ1n) is 6.98. The fourth-order valence-electron chi connectivity index (χ4n) is 2.00. The van der Waals surface area contributed by atoms with Crippen molar-refractivity contribution in [1.29, 1.82) is 0 Å². The van der Waals surface area contributed by atoms with Crippen molar-refractivity contribution in [3.8, 4) is 11.5 Å². The highest BCUT2D eigenvalue weighted by atomic mass is 19.1. The number of hydrogen-bond acceptors (Lipinski definition) is 3. The van der Waals surface area contributed by atoms with Crippen LogP contribution >= 0.6 is 0 Å². The van der Waals surface area contributed by atoms with Gasteiger partial charge in [-0.15, -0.1) is 0 Å². The van der Waals surface area contributed by atoms with Gasteiger partial charge in [0.05, 0.1) is 7.11 Å². The number of nitrogens with one attached hydrogen (secondary N) is 1. The first-order valence-corrected chi connectivity index (χ1v) is 6.98. The van der Waals surface area contributed by atoms with E-state index in [2.05, 4.69) is 12.2 Å². The summed E-state index contributed by atoms with van der Waals surface area (Å²) in [6.07, 6.45) is 0. The monoisotopic (exact) mass is 289 g/mol. The Morgan fingerprint density at radius 3 is 2.71 bits per heavy atom. The lowest BCUT2D eigenvalue weighted by Gasteiger charge is -2.10. The second-order valence-corrected chi connectivity index (χ2v) is 4.65. The SMILES string of the molecule is CCNCc1cccc(OCc2cccc(OC)c2F)c1. The van der Waals surface area contributed by atoms with Crippen LogP contribution < -0.4 is 14.8 Å². The summed E-state index contributed by atoms with van der Waals surface area (Å²) in [4.78, 5) is 0. The van der Waals surface area contributed by atoms with E-state index in [0.29, 0.717) is 5.56 Å². The molecule has 2 aromatic carbocycles. The first kappa shape index (κ1) is 15.3. The Kier molecular flexibility index (Phi) is 5.58. The van der Waals surface area contributed by atoms with E-state index in [-0.39, 0.29) is 18.2 Å². The van der Waals surface area contributed by atoms with E-state index in [1.54, 1.807) is 18.2 Å². The molecular formula is C17H20FNO2. The molecule has 0 heterocycles. The van der Waals surface area contributed by atoms with E-state index in [0.717, 1.165) is 24.4 Å². The largest absolute Gasteiger partial charge is 0.494 e. The van der Waals surface area contributed by atoms with Crippen LogP contribution in [-0.4, -0.2) is 13.7 Å². The standard InChI is InChI=1S/C17H20FNO2/c1-3-19-11-13-6-4-8-15(10-13)21-12-14-7-5-9-16(20-2)17(14)18/h4-10,19H,3,11-12H2,1-2H3. The van der Waals surface area contributed by atoms with Crippen LogP contribution in [0.5, 0.6) is 11.5 Å². The van der Waals surface area contributed by atoms with Crippen LogP contribution in [0.1, 0.15) is 18.1 Å². The summed E-state index contributed by atoms with van der Waals surface area (Å²) in [5.74, 6) is 0.591. The third kappa shape index (κ3) is 4.20. The molecule has 0 aliphatic rings. The molecule has 112 valence electrons. The van der Waals surface area contributed by atoms with Crippen molar-refractivity contribution in [2.24, 2.45) is 0 Å². The molecule has 0 saturated heterocycles. The van der Waals surface area contributed by atoms with Crippen LogP contribution in [0.15, 0.2) is 42.5 Å². The van der Waals surface area contributed by atoms with Crippen molar-refractivity contribution < 1.29 is 13.9 Å². The highest BCUT2D eigenvalue weighted by Gasteiger charge is 2.08. The third-order valence-electron chi connectivity index (χ3n) is 3.14. The Morgan fingerprint density at radius 1 is 1.14 bits per heavy atom. The predicted molar refractivity (Wildman–Crippen MR) is 81.1 cm³/mol. The van der Waals surface area contributed by atoms with Crippen LogP contribution in [0.2, 0.25) is 0 Å². The number of halogens is 1. The molecule has 0 spiro atoms. The first-order chi connectivity index (χ1) is 10.2. The summed E-state index contributed by atoms with van der Waals surface area (Å²) in [5, 5.41) is 3.26. The van der Waals surface area contributed by atoms with Gasteiger partial charge in [0.25, 0.3) is 0 Å². The second-order valence-electron chi connectivity index (χ2n) is 4.65. The number of rotatable bonds is 7. The molecule has 0 saturated carbocycles. The summed E-state index contributed by atoms with van der Waals surface area (Å²) in [6.45, 7) is 3.95. The maximum absolute atomic E-state index is 14.0. The minimum Gasteiger partial charge on any atom is -0.494 e. The highest BCUT2D eigenvalue weighted by molar-refractivity contribution is 5.32. The van der Waals surface area contributed by atoms with Gasteiger partial charge in [0.15, 0.2) is 11.6 Å². The molecule has 0 aliphatic heterocycles. The van der Waals surface area contributed by atoms with Gasteiger partial charge < -0.3 is 14.8 Å². The Labute approximate surface area is 124 Å². The van der Waals surface area contributed by atoms with Gasteiger partial charge in [-0.1, -0.05) is 31.2 Å². The van der Waals surface area contributed by atoms with Gasteiger partial charge in [-0.05, 0) is 30.3 Å². The molecule has 1 N–H and O–H groups in total. The summed E-state index contributed by atoms with van der Waals surface area (Å²) < 4.78 is 24.6. The fraction of sp³-hybridized carbons (Fsp3) is 0.294. The van der Waals surface area contributed by atoms with Gasteiger partial charge in [0, 0.05) is 12.1 Å². The summed E-state index contributed by atoms with van der Waals surface area (Å²) >= 11 is 0. The van der Waals surface area contributed by atoms with E-state index in [1.165, 1.54) is 7.11 Å². The van der Waals surface area contributed by atoms with Gasteiger partial charge in [-0.3, -0.25) is 0 Å². The molecule has 0 bridgehead atoms. The van der Waals surface area contributed by atoms with Gasteiger partial charge in [0.2, 0.25) is 0 Å². The van der Waals surface area contributed by atoms with Crippen molar-refractivity contribution in [3.05, 3.63) is 59.4 Å². The molecule has 0 aromatic heterocycles. The number of hydrogen-bond donors (Lipinski definition) is 1.